The molecule has 3 nitrogen and oxygen atoms in total. The van der Waals surface area contributed by atoms with Crippen molar-refractivity contribution in [2.45, 2.75) is 45.2 Å². The lowest BCUT2D eigenvalue weighted by molar-refractivity contribution is 0.147. The third-order valence-corrected chi connectivity index (χ3v) is 2.90. The van der Waals surface area contributed by atoms with Crippen molar-refractivity contribution < 1.29 is 4.74 Å². The highest BCUT2D eigenvalue weighted by atomic mass is 16.5. The fourth-order valence-corrected chi connectivity index (χ4v) is 2.30. The maximum atomic E-state index is 5.08. The van der Waals surface area contributed by atoms with Crippen LogP contribution in [0.5, 0.6) is 0 Å². The molecule has 0 radical (unpaired) electrons. The number of likely N-dealkylation sites (tertiary alicyclic amines) is 1. The SMILES string of the molecule is COCCCN1CCCC(NC(C)C)C1. The normalized spacial score (nSPS) is 23.6. The Morgan fingerprint density at radius 2 is 2.27 bits per heavy atom. The minimum absolute atomic E-state index is 0.605. The van der Waals surface area contributed by atoms with E-state index in [1.165, 1.54) is 32.5 Å². The minimum Gasteiger partial charge on any atom is -0.385 e. The highest BCUT2D eigenvalue weighted by Crippen LogP contribution is 2.10. The van der Waals surface area contributed by atoms with E-state index in [1.807, 2.05) is 0 Å². The lowest BCUT2D eigenvalue weighted by Crippen LogP contribution is -2.48. The van der Waals surface area contributed by atoms with Gasteiger partial charge in [-0.15, -0.1) is 0 Å². The van der Waals surface area contributed by atoms with Gasteiger partial charge >= 0.3 is 0 Å². The first kappa shape index (κ1) is 12.9. The van der Waals surface area contributed by atoms with E-state index in [0.29, 0.717) is 12.1 Å². The van der Waals surface area contributed by atoms with Gasteiger partial charge in [0, 0.05) is 38.9 Å². The molecule has 3 heteroatoms. The quantitative estimate of drug-likeness (QED) is 0.678. The molecule has 1 atom stereocenters. The second-order valence-electron chi connectivity index (χ2n) is 4.81. The molecule has 0 spiro atoms. The third kappa shape index (κ3) is 5.50. The highest BCUT2D eigenvalue weighted by molar-refractivity contribution is 4.79. The standard InChI is InChI=1S/C12H26N2O/c1-11(2)13-12-6-4-7-14(10-12)8-5-9-15-3/h11-13H,4-10H2,1-3H3. The molecule has 1 fully saturated rings. The van der Waals surface area contributed by atoms with Crippen LogP contribution >= 0.6 is 0 Å². The van der Waals surface area contributed by atoms with Gasteiger partial charge in [0.15, 0.2) is 0 Å². The van der Waals surface area contributed by atoms with Gasteiger partial charge in [0.25, 0.3) is 0 Å². The zero-order valence-electron chi connectivity index (χ0n) is 10.5. The van der Waals surface area contributed by atoms with Crippen molar-refractivity contribution in [3.8, 4) is 0 Å². The molecule has 1 N–H and O–H groups in total. The third-order valence-electron chi connectivity index (χ3n) is 2.90. The topological polar surface area (TPSA) is 24.5 Å². The summed E-state index contributed by atoms with van der Waals surface area (Å²) in [4.78, 5) is 2.56. The van der Waals surface area contributed by atoms with Crippen molar-refractivity contribution in [1.29, 1.82) is 0 Å². The highest BCUT2D eigenvalue weighted by Gasteiger charge is 2.19. The van der Waals surface area contributed by atoms with Gasteiger partial charge in [0.1, 0.15) is 0 Å². The van der Waals surface area contributed by atoms with E-state index in [-0.39, 0.29) is 0 Å². The molecule has 0 amide bonds. The molecule has 0 aromatic heterocycles. The zero-order valence-corrected chi connectivity index (χ0v) is 10.5. The molecule has 15 heavy (non-hydrogen) atoms. The summed E-state index contributed by atoms with van der Waals surface area (Å²) in [5, 5.41) is 3.63. The Balaban J connectivity index is 2.17. The molecule has 1 aliphatic heterocycles. The van der Waals surface area contributed by atoms with Crippen LogP contribution < -0.4 is 5.32 Å². The largest absolute Gasteiger partial charge is 0.385 e. The van der Waals surface area contributed by atoms with Gasteiger partial charge in [0.05, 0.1) is 0 Å². The van der Waals surface area contributed by atoms with Gasteiger partial charge < -0.3 is 15.0 Å². The Kier molecular flexibility index (Phi) is 6.22. The molecular weight excluding hydrogens is 188 g/mol. The lowest BCUT2D eigenvalue weighted by atomic mass is 10.0. The number of ether oxygens (including phenoxy) is 1. The molecule has 1 heterocycles. The molecule has 1 unspecified atom stereocenters. The van der Waals surface area contributed by atoms with E-state index in [4.69, 9.17) is 4.74 Å². The van der Waals surface area contributed by atoms with Crippen molar-refractivity contribution in [1.82, 2.24) is 10.2 Å². The van der Waals surface area contributed by atoms with Gasteiger partial charge in [-0.2, -0.15) is 0 Å². The van der Waals surface area contributed by atoms with Crippen molar-refractivity contribution in [2.75, 3.05) is 33.4 Å². The maximum absolute atomic E-state index is 5.08. The molecule has 0 aliphatic carbocycles. The van der Waals surface area contributed by atoms with Crippen molar-refractivity contribution in [3.05, 3.63) is 0 Å². The number of hydrogen-bond acceptors (Lipinski definition) is 3. The van der Waals surface area contributed by atoms with Gasteiger partial charge in [-0.25, -0.2) is 0 Å². The van der Waals surface area contributed by atoms with Crippen LogP contribution in [-0.4, -0.2) is 50.3 Å². The summed E-state index contributed by atoms with van der Waals surface area (Å²) in [7, 11) is 1.78. The van der Waals surface area contributed by atoms with Gasteiger partial charge in [0.2, 0.25) is 0 Å². The summed E-state index contributed by atoms with van der Waals surface area (Å²) in [5.41, 5.74) is 0. The molecule has 1 rings (SSSR count). The van der Waals surface area contributed by atoms with Crippen LogP contribution in [0.3, 0.4) is 0 Å². The van der Waals surface area contributed by atoms with E-state index in [1.54, 1.807) is 7.11 Å². The second-order valence-corrected chi connectivity index (χ2v) is 4.81. The Labute approximate surface area is 94.2 Å². The van der Waals surface area contributed by atoms with Crippen LogP contribution in [0.25, 0.3) is 0 Å². The van der Waals surface area contributed by atoms with Crippen molar-refractivity contribution in [2.24, 2.45) is 0 Å². The van der Waals surface area contributed by atoms with Crippen molar-refractivity contribution in [3.63, 3.8) is 0 Å². The Morgan fingerprint density at radius 3 is 2.93 bits per heavy atom. The summed E-state index contributed by atoms with van der Waals surface area (Å²) in [5.74, 6) is 0. The van der Waals surface area contributed by atoms with Crippen LogP contribution in [-0.2, 0) is 4.74 Å². The fraction of sp³-hybridized carbons (Fsp3) is 1.00. The van der Waals surface area contributed by atoms with Crippen LogP contribution in [0.15, 0.2) is 0 Å². The monoisotopic (exact) mass is 214 g/mol. The fourth-order valence-electron chi connectivity index (χ4n) is 2.30. The van der Waals surface area contributed by atoms with E-state index >= 15 is 0 Å². The first-order chi connectivity index (χ1) is 7.22. The number of nitrogens with one attached hydrogen (secondary N) is 1. The molecular formula is C12H26N2O. The number of methoxy groups -OCH3 is 1. The van der Waals surface area contributed by atoms with E-state index in [0.717, 1.165) is 13.0 Å². The molecule has 90 valence electrons. The Hall–Kier alpha value is -0.120. The zero-order chi connectivity index (χ0) is 11.1. The average Bonchev–Trinajstić information content (AvgIpc) is 2.18. The number of nitrogens with zero attached hydrogens (tertiary/aromatic N) is 1. The van der Waals surface area contributed by atoms with E-state index < -0.39 is 0 Å². The summed E-state index contributed by atoms with van der Waals surface area (Å²) in [6.45, 7) is 9.00. The Bertz CT molecular complexity index is 162. The summed E-state index contributed by atoms with van der Waals surface area (Å²) in [6.07, 6.45) is 3.82. The van der Waals surface area contributed by atoms with Crippen LogP contribution in [0.4, 0.5) is 0 Å². The Morgan fingerprint density at radius 1 is 1.47 bits per heavy atom. The predicted molar refractivity (Wildman–Crippen MR) is 64.2 cm³/mol. The van der Waals surface area contributed by atoms with Gasteiger partial charge in [-0.1, -0.05) is 13.8 Å². The molecule has 1 saturated heterocycles. The molecule has 0 aromatic rings. The first-order valence-electron chi connectivity index (χ1n) is 6.19. The predicted octanol–water partition coefficient (Wildman–Crippen LogP) is 1.49. The summed E-state index contributed by atoms with van der Waals surface area (Å²) >= 11 is 0. The van der Waals surface area contributed by atoms with Crippen LogP contribution in [0.2, 0.25) is 0 Å². The van der Waals surface area contributed by atoms with E-state index in [9.17, 15) is 0 Å². The summed E-state index contributed by atoms with van der Waals surface area (Å²) < 4.78 is 5.08. The lowest BCUT2D eigenvalue weighted by Gasteiger charge is -2.34. The van der Waals surface area contributed by atoms with Crippen molar-refractivity contribution >= 4 is 0 Å². The van der Waals surface area contributed by atoms with Crippen LogP contribution in [0.1, 0.15) is 33.1 Å². The average molecular weight is 214 g/mol. The van der Waals surface area contributed by atoms with E-state index in [2.05, 4.69) is 24.1 Å². The molecule has 0 bridgehead atoms. The maximum Gasteiger partial charge on any atom is 0.0474 e. The molecule has 1 aliphatic rings. The molecule has 0 aromatic carbocycles. The number of rotatable bonds is 6. The number of hydrogen-bond donors (Lipinski definition) is 1. The summed E-state index contributed by atoms with van der Waals surface area (Å²) in [6, 6.07) is 1.30. The second kappa shape index (κ2) is 7.20. The van der Waals surface area contributed by atoms with Crippen LogP contribution in [0, 0.1) is 0 Å². The first-order valence-corrected chi connectivity index (χ1v) is 6.19. The number of piperidine rings is 1. The minimum atomic E-state index is 0.605. The smallest absolute Gasteiger partial charge is 0.0474 e. The molecule has 0 saturated carbocycles. The van der Waals surface area contributed by atoms with Gasteiger partial charge in [-0.05, 0) is 25.8 Å². The van der Waals surface area contributed by atoms with Gasteiger partial charge in [-0.3, -0.25) is 0 Å².